The van der Waals surface area contributed by atoms with Crippen molar-refractivity contribution < 1.29 is 17.9 Å². The fourth-order valence-corrected chi connectivity index (χ4v) is 4.69. The van der Waals surface area contributed by atoms with E-state index in [1.165, 1.54) is 7.11 Å². The highest BCUT2D eigenvalue weighted by molar-refractivity contribution is 7.92. The minimum absolute atomic E-state index is 0.0493. The summed E-state index contributed by atoms with van der Waals surface area (Å²) in [4.78, 5) is 14.6. The SMILES string of the molecule is COc1ccccc1NS(=O)(=O)c1ccc2c(c1)C[C@H](C)N2C(=O)C1CC1. The van der Waals surface area contributed by atoms with E-state index in [4.69, 9.17) is 4.74 Å². The molecule has 1 fully saturated rings. The molecule has 0 radical (unpaired) electrons. The van der Waals surface area contributed by atoms with Gasteiger partial charge in [0.1, 0.15) is 5.75 Å². The number of hydrogen-bond acceptors (Lipinski definition) is 4. The molecule has 1 amide bonds. The van der Waals surface area contributed by atoms with Gasteiger partial charge >= 0.3 is 0 Å². The minimum atomic E-state index is -3.76. The molecule has 2 aromatic rings. The molecule has 4 rings (SSSR count). The number of fused-ring (bicyclic) bond motifs is 1. The van der Waals surface area contributed by atoms with Crippen LogP contribution in [0.5, 0.6) is 5.75 Å². The predicted octanol–water partition coefficient (Wildman–Crippen LogP) is 3.18. The van der Waals surface area contributed by atoms with Crippen molar-refractivity contribution in [1.29, 1.82) is 0 Å². The van der Waals surface area contributed by atoms with E-state index in [0.29, 0.717) is 17.9 Å². The van der Waals surface area contributed by atoms with Crippen LogP contribution in [0.2, 0.25) is 0 Å². The van der Waals surface area contributed by atoms with Gasteiger partial charge in [-0.3, -0.25) is 9.52 Å². The predicted molar refractivity (Wildman–Crippen MR) is 104 cm³/mol. The van der Waals surface area contributed by atoms with Crippen molar-refractivity contribution in [2.45, 2.75) is 37.1 Å². The summed E-state index contributed by atoms with van der Waals surface area (Å²) in [6.45, 7) is 2.00. The molecule has 0 spiro atoms. The van der Waals surface area contributed by atoms with E-state index in [-0.39, 0.29) is 22.8 Å². The number of nitrogens with zero attached hydrogens (tertiary/aromatic N) is 1. The largest absolute Gasteiger partial charge is 0.495 e. The highest BCUT2D eigenvalue weighted by Gasteiger charge is 2.39. The number of hydrogen-bond donors (Lipinski definition) is 1. The Morgan fingerprint density at radius 1 is 1.19 bits per heavy atom. The monoisotopic (exact) mass is 386 g/mol. The van der Waals surface area contributed by atoms with Crippen LogP contribution < -0.4 is 14.4 Å². The Kier molecular flexibility index (Phi) is 4.34. The van der Waals surface area contributed by atoms with Gasteiger partial charge in [0.25, 0.3) is 10.0 Å². The number of carbonyl (C=O) groups is 1. The van der Waals surface area contributed by atoms with Crippen molar-refractivity contribution in [2.75, 3.05) is 16.7 Å². The van der Waals surface area contributed by atoms with Gasteiger partial charge in [-0.2, -0.15) is 0 Å². The molecule has 1 heterocycles. The lowest BCUT2D eigenvalue weighted by atomic mass is 10.1. The topological polar surface area (TPSA) is 75.7 Å². The smallest absolute Gasteiger partial charge is 0.262 e. The first-order valence-electron chi connectivity index (χ1n) is 9.02. The molecular formula is C20H22N2O4S. The molecule has 0 unspecified atom stereocenters. The van der Waals surface area contributed by atoms with E-state index < -0.39 is 10.0 Å². The third-order valence-electron chi connectivity index (χ3n) is 5.09. The molecule has 7 heteroatoms. The zero-order valence-electron chi connectivity index (χ0n) is 15.3. The van der Waals surface area contributed by atoms with Gasteiger partial charge in [0.15, 0.2) is 0 Å². The molecule has 1 atom stereocenters. The lowest BCUT2D eigenvalue weighted by Crippen LogP contribution is -2.36. The molecule has 27 heavy (non-hydrogen) atoms. The molecule has 2 aromatic carbocycles. The number of benzene rings is 2. The van der Waals surface area contributed by atoms with Crippen molar-refractivity contribution in [2.24, 2.45) is 5.92 Å². The normalized spacial score (nSPS) is 18.9. The number of carbonyl (C=O) groups excluding carboxylic acids is 1. The molecule has 6 nitrogen and oxygen atoms in total. The quantitative estimate of drug-likeness (QED) is 0.856. The first kappa shape index (κ1) is 17.9. The Morgan fingerprint density at radius 2 is 1.93 bits per heavy atom. The van der Waals surface area contributed by atoms with Crippen LogP contribution in [0.25, 0.3) is 0 Å². The number of nitrogens with one attached hydrogen (secondary N) is 1. The van der Waals surface area contributed by atoms with Crippen LogP contribution in [0, 0.1) is 5.92 Å². The second-order valence-corrected chi connectivity index (χ2v) is 8.81. The molecule has 0 bridgehead atoms. The first-order valence-corrected chi connectivity index (χ1v) is 10.5. The van der Waals surface area contributed by atoms with E-state index >= 15 is 0 Å². The number of sulfonamides is 1. The molecule has 0 saturated heterocycles. The second-order valence-electron chi connectivity index (χ2n) is 7.13. The number of rotatable bonds is 5. The summed E-state index contributed by atoms with van der Waals surface area (Å²) < 4.78 is 33.5. The summed E-state index contributed by atoms with van der Waals surface area (Å²) >= 11 is 0. The molecule has 1 N–H and O–H groups in total. The molecule has 0 aromatic heterocycles. The van der Waals surface area contributed by atoms with Crippen molar-refractivity contribution in [3.8, 4) is 5.75 Å². The maximum atomic E-state index is 12.8. The van der Waals surface area contributed by atoms with Crippen LogP contribution in [0.3, 0.4) is 0 Å². The van der Waals surface area contributed by atoms with E-state index in [1.807, 2.05) is 11.8 Å². The zero-order chi connectivity index (χ0) is 19.2. The Bertz CT molecular complexity index is 999. The van der Waals surface area contributed by atoms with E-state index in [2.05, 4.69) is 4.72 Å². The fourth-order valence-electron chi connectivity index (χ4n) is 3.57. The molecule has 1 aliphatic carbocycles. The summed E-state index contributed by atoms with van der Waals surface area (Å²) in [7, 11) is -2.26. The lowest BCUT2D eigenvalue weighted by molar-refractivity contribution is -0.120. The van der Waals surface area contributed by atoms with E-state index in [9.17, 15) is 13.2 Å². The maximum absolute atomic E-state index is 12.8. The molecular weight excluding hydrogens is 364 g/mol. The van der Waals surface area contributed by atoms with Gasteiger partial charge < -0.3 is 9.64 Å². The van der Waals surface area contributed by atoms with E-state index in [0.717, 1.165) is 24.1 Å². The molecule has 1 saturated carbocycles. The van der Waals surface area contributed by atoms with Gasteiger partial charge in [-0.1, -0.05) is 12.1 Å². The summed E-state index contributed by atoms with van der Waals surface area (Å²) in [5.74, 6) is 0.745. The Labute approximate surface area is 159 Å². The van der Waals surface area contributed by atoms with Crippen LogP contribution in [-0.4, -0.2) is 27.5 Å². The van der Waals surface area contributed by atoms with Crippen LogP contribution in [0.15, 0.2) is 47.4 Å². The van der Waals surface area contributed by atoms with Gasteiger partial charge in [0.05, 0.1) is 17.7 Å². The third kappa shape index (κ3) is 3.27. The van der Waals surface area contributed by atoms with Crippen LogP contribution >= 0.6 is 0 Å². The highest BCUT2D eigenvalue weighted by atomic mass is 32.2. The van der Waals surface area contributed by atoms with Gasteiger partial charge in [0, 0.05) is 17.6 Å². The number of ether oxygens (including phenoxy) is 1. The Hall–Kier alpha value is -2.54. The highest BCUT2D eigenvalue weighted by Crippen LogP contribution is 2.39. The third-order valence-corrected chi connectivity index (χ3v) is 6.46. The summed E-state index contributed by atoms with van der Waals surface area (Å²) in [5, 5.41) is 0. The first-order chi connectivity index (χ1) is 12.9. The summed E-state index contributed by atoms with van der Waals surface area (Å²) in [6.07, 6.45) is 2.56. The van der Waals surface area contributed by atoms with E-state index in [1.54, 1.807) is 42.5 Å². The average Bonchev–Trinajstić information content (AvgIpc) is 3.43. The van der Waals surface area contributed by atoms with Crippen molar-refractivity contribution in [3.05, 3.63) is 48.0 Å². The number of methoxy groups -OCH3 is 1. The lowest BCUT2D eigenvalue weighted by Gasteiger charge is -2.22. The van der Waals surface area contributed by atoms with Gasteiger partial charge in [-0.15, -0.1) is 0 Å². The molecule has 1 aliphatic heterocycles. The zero-order valence-corrected chi connectivity index (χ0v) is 16.1. The van der Waals surface area contributed by atoms with Crippen molar-refractivity contribution in [3.63, 3.8) is 0 Å². The van der Waals surface area contributed by atoms with Crippen molar-refractivity contribution >= 4 is 27.3 Å². The minimum Gasteiger partial charge on any atom is -0.495 e. The standard InChI is InChI=1S/C20H22N2O4S/c1-13-11-15-12-16(9-10-18(15)22(13)20(23)14-7-8-14)27(24,25)21-17-5-3-4-6-19(17)26-2/h3-6,9-10,12-14,21H,7-8,11H2,1-2H3/t13-/m0/s1. The summed E-state index contributed by atoms with van der Waals surface area (Å²) in [5.41, 5.74) is 2.11. The summed E-state index contributed by atoms with van der Waals surface area (Å²) in [6, 6.07) is 11.9. The number of anilines is 2. The average molecular weight is 386 g/mol. The Morgan fingerprint density at radius 3 is 2.63 bits per heavy atom. The van der Waals surface area contributed by atoms with Gasteiger partial charge in [-0.25, -0.2) is 8.42 Å². The Balaban J connectivity index is 1.64. The number of amides is 1. The second kappa shape index (κ2) is 6.56. The molecule has 142 valence electrons. The van der Waals surface area contributed by atoms with Crippen LogP contribution in [0.4, 0.5) is 11.4 Å². The fraction of sp³-hybridized carbons (Fsp3) is 0.350. The van der Waals surface area contributed by atoms with Gasteiger partial charge in [0.2, 0.25) is 5.91 Å². The number of para-hydroxylation sites is 2. The maximum Gasteiger partial charge on any atom is 0.262 e. The molecule has 2 aliphatic rings. The van der Waals surface area contributed by atoms with Crippen LogP contribution in [0.1, 0.15) is 25.3 Å². The van der Waals surface area contributed by atoms with Crippen LogP contribution in [-0.2, 0) is 21.2 Å². The van der Waals surface area contributed by atoms with Gasteiger partial charge in [-0.05, 0) is 62.1 Å². The van der Waals surface area contributed by atoms with Crippen molar-refractivity contribution in [1.82, 2.24) is 0 Å².